The van der Waals surface area contributed by atoms with Crippen LogP contribution in [0.1, 0.15) is 96.3 Å². The van der Waals surface area contributed by atoms with Gasteiger partial charge in [-0.05, 0) is 87.7 Å². The molecule has 0 aliphatic rings. The van der Waals surface area contributed by atoms with Gasteiger partial charge >= 0.3 is 6.18 Å². The molecule has 0 bridgehead atoms. The summed E-state index contributed by atoms with van der Waals surface area (Å²) in [6.45, 7) is 11.6. The first kappa shape index (κ1) is 41.5. The molecule has 0 aromatic heterocycles. The lowest BCUT2D eigenvalue weighted by Crippen LogP contribution is -2.47. The van der Waals surface area contributed by atoms with E-state index < -0.39 is 17.8 Å². The summed E-state index contributed by atoms with van der Waals surface area (Å²) in [7, 11) is 0. The van der Waals surface area contributed by atoms with E-state index in [0.717, 1.165) is 75.7 Å². The minimum Gasteiger partial charge on any atom is -0.399 e. The van der Waals surface area contributed by atoms with Crippen molar-refractivity contribution < 1.29 is 22.8 Å². The Balaban J connectivity index is 0.00000114. The van der Waals surface area contributed by atoms with E-state index in [1.807, 2.05) is 6.92 Å². The van der Waals surface area contributed by atoms with E-state index in [-0.39, 0.29) is 24.0 Å². The molecule has 1 unspecified atom stereocenters. The van der Waals surface area contributed by atoms with Gasteiger partial charge in [-0.1, -0.05) is 76.9 Å². The Bertz CT molecular complexity index is 1120. The molecule has 2 aromatic carbocycles. The highest BCUT2D eigenvalue weighted by Gasteiger charge is 2.30. The number of benzene rings is 2. The maximum atomic E-state index is 12.3. The van der Waals surface area contributed by atoms with Crippen LogP contribution in [0, 0.1) is 0 Å². The van der Waals surface area contributed by atoms with Gasteiger partial charge in [-0.3, -0.25) is 9.59 Å². The van der Waals surface area contributed by atoms with Crippen molar-refractivity contribution in [3.05, 3.63) is 77.0 Å². The second-order valence-electron chi connectivity index (χ2n) is 10.7. The molecule has 2 amide bonds. The monoisotopic (exact) mass is 635 g/mol. The highest BCUT2D eigenvalue weighted by atomic mass is 19.4. The van der Waals surface area contributed by atoms with Crippen molar-refractivity contribution in [3.63, 3.8) is 0 Å². The molecule has 0 radical (unpaired) electrons. The van der Waals surface area contributed by atoms with E-state index >= 15 is 0 Å². The number of nitrogens with two attached hydrogens (primary N) is 2. The number of carbonyl (C=O) groups is 2. The van der Waals surface area contributed by atoms with E-state index in [9.17, 15) is 22.8 Å². The van der Waals surface area contributed by atoms with E-state index in [1.165, 1.54) is 29.7 Å². The van der Waals surface area contributed by atoms with Gasteiger partial charge in [0.15, 0.2) is 0 Å². The quantitative estimate of drug-likeness (QED) is 0.101. The van der Waals surface area contributed by atoms with E-state index in [1.54, 1.807) is 6.92 Å². The molecule has 0 aliphatic heterocycles. The van der Waals surface area contributed by atoms with Crippen molar-refractivity contribution in [3.8, 4) is 0 Å². The number of allylic oxidation sites excluding steroid dienone is 2. The highest BCUT2D eigenvalue weighted by molar-refractivity contribution is 5.88. The third-order valence-corrected chi connectivity index (χ3v) is 6.48. The first-order valence-electron chi connectivity index (χ1n) is 16.1. The van der Waals surface area contributed by atoms with Crippen molar-refractivity contribution in [2.45, 2.75) is 105 Å². The summed E-state index contributed by atoms with van der Waals surface area (Å²) >= 11 is 0. The third kappa shape index (κ3) is 20.2. The zero-order valence-electron chi connectivity index (χ0n) is 27.9. The van der Waals surface area contributed by atoms with Crippen LogP contribution >= 0.6 is 0 Å². The Morgan fingerprint density at radius 1 is 0.889 bits per heavy atom. The van der Waals surface area contributed by atoms with Crippen LogP contribution in [0.2, 0.25) is 0 Å². The Morgan fingerprint density at radius 2 is 1.51 bits per heavy atom. The number of aryl methyl sites for hydroxylation is 2. The molecule has 2 rings (SSSR count). The SMILES string of the molecule is CC/C=C(/CC)NCC(=O)NC(C)C(=O)NCCCc1ccccc1CCCCCN.CCC.Nc1cccc(C(F)(F)F)c1. The maximum absolute atomic E-state index is 12.3. The number of alkyl halides is 3. The number of halogens is 3. The van der Waals surface area contributed by atoms with Crippen molar-refractivity contribution >= 4 is 17.5 Å². The summed E-state index contributed by atoms with van der Waals surface area (Å²) in [6.07, 6.45) is 7.08. The number of nitrogens with one attached hydrogen (secondary N) is 3. The van der Waals surface area contributed by atoms with E-state index in [4.69, 9.17) is 11.5 Å². The highest BCUT2D eigenvalue weighted by Crippen LogP contribution is 2.29. The molecular formula is C35H56F3N5O2. The Hall–Kier alpha value is -3.53. The van der Waals surface area contributed by atoms with E-state index in [0.29, 0.717) is 6.54 Å². The first-order chi connectivity index (χ1) is 21.4. The second kappa shape index (κ2) is 24.8. The topological polar surface area (TPSA) is 122 Å². The Morgan fingerprint density at radius 3 is 2.02 bits per heavy atom. The van der Waals surface area contributed by atoms with Gasteiger partial charge in [0, 0.05) is 17.9 Å². The van der Waals surface area contributed by atoms with Crippen LogP contribution in [0.4, 0.5) is 18.9 Å². The Kier molecular flexibility index (Phi) is 22.8. The molecule has 0 fully saturated rings. The number of hydrogen-bond donors (Lipinski definition) is 5. The molecular weight excluding hydrogens is 579 g/mol. The number of anilines is 1. The van der Waals surface area contributed by atoms with Crippen molar-refractivity contribution in [1.82, 2.24) is 16.0 Å². The fourth-order valence-corrected chi connectivity index (χ4v) is 4.18. The minimum absolute atomic E-state index is 0.125. The van der Waals surface area contributed by atoms with Gasteiger partial charge in [0.2, 0.25) is 11.8 Å². The summed E-state index contributed by atoms with van der Waals surface area (Å²) in [5, 5.41) is 8.81. The van der Waals surface area contributed by atoms with E-state index in [2.05, 4.69) is 67.1 Å². The molecule has 0 spiro atoms. The average molecular weight is 636 g/mol. The summed E-state index contributed by atoms with van der Waals surface area (Å²) in [5.41, 5.74) is 13.9. The molecule has 45 heavy (non-hydrogen) atoms. The van der Waals surface area contributed by atoms with Crippen molar-refractivity contribution in [1.29, 1.82) is 0 Å². The molecule has 10 heteroatoms. The molecule has 0 saturated heterocycles. The molecule has 254 valence electrons. The van der Waals surface area contributed by atoms with Gasteiger partial charge in [0.05, 0.1) is 12.1 Å². The molecule has 2 aromatic rings. The second-order valence-corrected chi connectivity index (χ2v) is 10.7. The molecule has 7 N–H and O–H groups in total. The summed E-state index contributed by atoms with van der Waals surface area (Å²) in [4.78, 5) is 24.4. The van der Waals surface area contributed by atoms with Crippen LogP contribution < -0.4 is 27.4 Å². The van der Waals surface area contributed by atoms with Gasteiger partial charge < -0.3 is 27.4 Å². The van der Waals surface area contributed by atoms with Crippen LogP contribution in [0.15, 0.2) is 60.3 Å². The standard InChI is InChI=1S/C25H42N4O2.C7H6F3N.C3H8/c1-4-12-23(5-2)28-19-24(30)29-20(3)25(31)27-18-11-16-22-15-9-8-14-21(22)13-7-6-10-17-26;8-7(9,10)5-2-1-3-6(11)4-5;1-3-2/h8-9,12,14-15,20,28H,4-7,10-11,13,16-19,26H2,1-3H3,(H,27,31)(H,29,30);1-4H,11H2;3H2,1-2H3/b23-12-;;. The first-order valence-corrected chi connectivity index (χ1v) is 16.1. The fourth-order valence-electron chi connectivity index (χ4n) is 4.18. The lowest BCUT2D eigenvalue weighted by molar-refractivity contribution is -0.137. The zero-order valence-corrected chi connectivity index (χ0v) is 27.9. The van der Waals surface area contributed by atoms with Crippen LogP contribution in [0.3, 0.4) is 0 Å². The number of carbonyl (C=O) groups excluding carboxylic acids is 2. The van der Waals surface area contributed by atoms with Gasteiger partial charge in [-0.25, -0.2) is 0 Å². The normalized spacial score (nSPS) is 11.7. The maximum Gasteiger partial charge on any atom is 0.416 e. The van der Waals surface area contributed by atoms with Crippen LogP contribution in [-0.2, 0) is 28.6 Å². The van der Waals surface area contributed by atoms with Gasteiger partial charge in [-0.2, -0.15) is 13.2 Å². The minimum atomic E-state index is -4.30. The largest absolute Gasteiger partial charge is 0.416 e. The molecule has 0 aliphatic carbocycles. The summed E-state index contributed by atoms with van der Waals surface area (Å²) in [6, 6.07) is 12.6. The molecule has 7 nitrogen and oxygen atoms in total. The van der Waals surface area contributed by atoms with Gasteiger partial charge in [0.1, 0.15) is 6.04 Å². The average Bonchev–Trinajstić information content (AvgIpc) is 3.00. The van der Waals surface area contributed by atoms with Gasteiger partial charge in [-0.15, -0.1) is 0 Å². The van der Waals surface area contributed by atoms with Crippen LogP contribution in [0.5, 0.6) is 0 Å². The van der Waals surface area contributed by atoms with Crippen molar-refractivity contribution in [2.24, 2.45) is 5.73 Å². The molecule has 1 atom stereocenters. The molecule has 0 saturated carbocycles. The smallest absolute Gasteiger partial charge is 0.399 e. The number of unbranched alkanes of at least 4 members (excludes halogenated alkanes) is 2. The zero-order chi connectivity index (χ0) is 34.1. The summed E-state index contributed by atoms with van der Waals surface area (Å²) < 4.78 is 35.7. The summed E-state index contributed by atoms with van der Waals surface area (Å²) in [5.74, 6) is -0.329. The van der Waals surface area contributed by atoms with Gasteiger partial charge in [0.25, 0.3) is 0 Å². The number of rotatable bonds is 16. The lowest BCUT2D eigenvalue weighted by atomic mass is 9.98. The Labute approximate surface area is 268 Å². The van der Waals surface area contributed by atoms with Crippen molar-refractivity contribution in [2.75, 3.05) is 25.4 Å². The number of nitrogen functional groups attached to an aromatic ring is 1. The van der Waals surface area contributed by atoms with Crippen LogP contribution in [0.25, 0.3) is 0 Å². The predicted molar refractivity (Wildman–Crippen MR) is 180 cm³/mol. The number of amides is 2. The fraction of sp³-hybridized carbons (Fsp3) is 0.543. The lowest BCUT2D eigenvalue weighted by Gasteiger charge is -2.15. The van der Waals surface area contributed by atoms with Crippen LogP contribution in [-0.4, -0.2) is 37.5 Å². The third-order valence-electron chi connectivity index (χ3n) is 6.48. The predicted octanol–water partition coefficient (Wildman–Crippen LogP) is 6.91. The molecule has 0 heterocycles. The number of hydrogen-bond acceptors (Lipinski definition) is 5.